The molecule has 2 rings (SSSR count). The summed E-state index contributed by atoms with van der Waals surface area (Å²) in [6.45, 7) is 6.90. The lowest BCUT2D eigenvalue weighted by Gasteiger charge is -2.46. The molecule has 1 aromatic heterocycles. The number of nitrogen functional groups attached to an aromatic ring is 1. The van der Waals surface area contributed by atoms with Crippen LogP contribution in [0.15, 0.2) is 10.9 Å². The molecular formula is C16H25N5O5. The highest BCUT2D eigenvalue weighted by atomic mass is 16.6. The van der Waals surface area contributed by atoms with Crippen LogP contribution in [0.4, 0.5) is 16.6 Å². The topological polar surface area (TPSA) is 131 Å². The summed E-state index contributed by atoms with van der Waals surface area (Å²) in [5.41, 5.74) is 3.01. The van der Waals surface area contributed by atoms with Gasteiger partial charge in [0.25, 0.3) is 5.56 Å². The zero-order chi connectivity index (χ0) is 19.9. The predicted molar refractivity (Wildman–Crippen MR) is 95.1 cm³/mol. The minimum absolute atomic E-state index is 0.0506. The van der Waals surface area contributed by atoms with Crippen LogP contribution in [0.3, 0.4) is 0 Å². The van der Waals surface area contributed by atoms with E-state index in [1.165, 1.54) is 29.5 Å². The van der Waals surface area contributed by atoms with Crippen molar-refractivity contribution < 1.29 is 19.4 Å². The van der Waals surface area contributed by atoms with Crippen molar-refractivity contribution in [3.05, 3.63) is 16.4 Å². The standard InChI is InChI=1S/C16H25N5O5/c1-15(2,3)26-14(25)21-7-6-20(9-16(21,4)12(23)24)13-18-10(17)8-11(22)19(13)5/h8H,6-7,9,17H2,1-5H3,(H,23,24)/t16-/m1/s1. The highest BCUT2D eigenvalue weighted by Crippen LogP contribution is 2.27. The third-order valence-electron chi connectivity index (χ3n) is 4.18. The van der Waals surface area contributed by atoms with Crippen LogP contribution in [0.5, 0.6) is 0 Å². The van der Waals surface area contributed by atoms with E-state index in [1.807, 2.05) is 0 Å². The number of hydrogen-bond donors (Lipinski definition) is 2. The summed E-state index contributed by atoms with van der Waals surface area (Å²) < 4.78 is 6.63. The van der Waals surface area contributed by atoms with Crippen molar-refractivity contribution >= 4 is 23.8 Å². The van der Waals surface area contributed by atoms with Crippen LogP contribution in [0.25, 0.3) is 0 Å². The van der Waals surface area contributed by atoms with Gasteiger partial charge in [-0.15, -0.1) is 0 Å². The number of amides is 1. The summed E-state index contributed by atoms with van der Waals surface area (Å²) in [7, 11) is 1.53. The van der Waals surface area contributed by atoms with Gasteiger partial charge in [0.05, 0.1) is 6.54 Å². The molecule has 1 saturated heterocycles. The average Bonchev–Trinajstić information content (AvgIpc) is 2.48. The van der Waals surface area contributed by atoms with Gasteiger partial charge in [0.2, 0.25) is 5.95 Å². The fourth-order valence-corrected chi connectivity index (χ4v) is 2.79. The molecule has 10 nitrogen and oxygen atoms in total. The SMILES string of the molecule is Cn1c(N2CCN(C(=O)OC(C)(C)C)[C@@](C)(C(=O)O)C2)nc(N)cc1=O. The Morgan fingerprint density at radius 2 is 1.96 bits per heavy atom. The molecule has 1 aliphatic heterocycles. The van der Waals surface area contributed by atoms with Gasteiger partial charge < -0.3 is 20.5 Å². The van der Waals surface area contributed by atoms with Crippen molar-refractivity contribution in [3.8, 4) is 0 Å². The lowest BCUT2D eigenvalue weighted by Crippen LogP contribution is -2.67. The van der Waals surface area contributed by atoms with E-state index in [0.29, 0.717) is 0 Å². The number of aliphatic carboxylic acids is 1. The Labute approximate surface area is 151 Å². The molecule has 0 saturated carbocycles. The molecule has 0 aliphatic carbocycles. The fraction of sp³-hybridized carbons (Fsp3) is 0.625. The summed E-state index contributed by atoms with van der Waals surface area (Å²) in [6.07, 6.45) is -0.698. The minimum Gasteiger partial charge on any atom is -0.479 e. The Kier molecular flexibility index (Phi) is 4.89. The minimum atomic E-state index is -1.55. The van der Waals surface area contributed by atoms with Gasteiger partial charge in [-0.25, -0.2) is 9.59 Å². The van der Waals surface area contributed by atoms with Crippen LogP contribution >= 0.6 is 0 Å². The zero-order valence-electron chi connectivity index (χ0n) is 15.6. The van der Waals surface area contributed by atoms with Crippen LogP contribution < -0.4 is 16.2 Å². The average molecular weight is 367 g/mol. The summed E-state index contributed by atoms with van der Waals surface area (Å²) in [6, 6.07) is 1.19. The van der Waals surface area contributed by atoms with E-state index in [9.17, 15) is 19.5 Å². The number of carboxylic acids is 1. The lowest BCUT2D eigenvalue weighted by atomic mass is 9.97. The number of carbonyl (C=O) groups is 2. The maximum absolute atomic E-state index is 12.5. The Bertz CT molecular complexity index is 784. The monoisotopic (exact) mass is 367 g/mol. The number of piperazine rings is 1. The maximum Gasteiger partial charge on any atom is 0.411 e. The molecule has 2 heterocycles. The zero-order valence-corrected chi connectivity index (χ0v) is 15.6. The largest absolute Gasteiger partial charge is 0.479 e. The second kappa shape index (κ2) is 6.50. The Balaban J connectivity index is 2.37. The van der Waals surface area contributed by atoms with E-state index in [0.717, 1.165) is 0 Å². The van der Waals surface area contributed by atoms with E-state index >= 15 is 0 Å². The normalized spacial score (nSPS) is 20.8. The third-order valence-corrected chi connectivity index (χ3v) is 4.18. The Hall–Kier alpha value is -2.78. The molecule has 144 valence electrons. The van der Waals surface area contributed by atoms with Gasteiger partial charge in [0, 0.05) is 26.2 Å². The van der Waals surface area contributed by atoms with Gasteiger partial charge in [-0.1, -0.05) is 0 Å². The molecule has 1 aromatic rings. The molecule has 1 atom stereocenters. The number of carboxylic acid groups (broad SMARTS) is 1. The molecule has 0 bridgehead atoms. The van der Waals surface area contributed by atoms with Gasteiger partial charge in [-0.3, -0.25) is 14.3 Å². The smallest absolute Gasteiger partial charge is 0.411 e. The second-order valence-electron chi connectivity index (χ2n) is 7.51. The van der Waals surface area contributed by atoms with E-state index in [2.05, 4.69) is 4.98 Å². The van der Waals surface area contributed by atoms with Crippen molar-refractivity contribution in [1.29, 1.82) is 0 Å². The molecule has 0 aromatic carbocycles. The van der Waals surface area contributed by atoms with Gasteiger partial charge >= 0.3 is 12.1 Å². The quantitative estimate of drug-likeness (QED) is 0.761. The number of nitrogens with two attached hydrogens (primary N) is 1. The van der Waals surface area contributed by atoms with E-state index in [4.69, 9.17) is 10.5 Å². The molecule has 3 N–H and O–H groups in total. The number of ether oxygens (including phenoxy) is 1. The second-order valence-corrected chi connectivity index (χ2v) is 7.51. The molecule has 0 radical (unpaired) electrons. The number of aromatic nitrogens is 2. The first-order valence-electron chi connectivity index (χ1n) is 8.17. The number of rotatable bonds is 2. The highest BCUT2D eigenvalue weighted by Gasteiger charge is 2.48. The van der Waals surface area contributed by atoms with Crippen LogP contribution in [0, 0.1) is 0 Å². The first-order valence-corrected chi connectivity index (χ1v) is 8.17. The van der Waals surface area contributed by atoms with Crippen LogP contribution in [0.2, 0.25) is 0 Å². The predicted octanol–water partition coefficient (Wildman–Crippen LogP) is 0.263. The van der Waals surface area contributed by atoms with Gasteiger partial charge in [0.15, 0.2) is 5.54 Å². The molecule has 0 spiro atoms. The van der Waals surface area contributed by atoms with Crippen LogP contribution in [-0.2, 0) is 16.6 Å². The van der Waals surface area contributed by atoms with Gasteiger partial charge in [0.1, 0.15) is 11.4 Å². The van der Waals surface area contributed by atoms with Crippen molar-refractivity contribution in [2.75, 3.05) is 30.3 Å². The summed E-state index contributed by atoms with van der Waals surface area (Å²) in [4.78, 5) is 43.4. The maximum atomic E-state index is 12.5. The third kappa shape index (κ3) is 3.73. The highest BCUT2D eigenvalue weighted by molar-refractivity contribution is 5.85. The number of carbonyl (C=O) groups excluding carboxylic acids is 1. The Morgan fingerprint density at radius 3 is 2.50 bits per heavy atom. The van der Waals surface area contributed by atoms with Crippen molar-refractivity contribution in [2.24, 2.45) is 7.05 Å². The molecular weight excluding hydrogens is 342 g/mol. The molecule has 10 heteroatoms. The number of nitrogens with zero attached hydrogens (tertiary/aromatic N) is 4. The van der Waals surface area contributed by atoms with Crippen molar-refractivity contribution in [2.45, 2.75) is 38.8 Å². The molecule has 0 unspecified atom stereocenters. The van der Waals surface area contributed by atoms with Crippen molar-refractivity contribution in [3.63, 3.8) is 0 Å². The lowest BCUT2D eigenvalue weighted by molar-refractivity contribution is -0.150. The summed E-state index contributed by atoms with van der Waals surface area (Å²) >= 11 is 0. The molecule has 26 heavy (non-hydrogen) atoms. The molecule has 1 aliphatic rings. The van der Waals surface area contributed by atoms with E-state index in [-0.39, 0.29) is 37.0 Å². The number of anilines is 2. The first kappa shape index (κ1) is 19.5. The molecule has 1 fully saturated rings. The number of hydrogen-bond acceptors (Lipinski definition) is 7. The van der Waals surface area contributed by atoms with E-state index < -0.39 is 23.2 Å². The fourth-order valence-electron chi connectivity index (χ4n) is 2.79. The summed E-state index contributed by atoms with van der Waals surface area (Å²) in [5, 5.41) is 9.77. The molecule has 1 amide bonds. The van der Waals surface area contributed by atoms with Crippen LogP contribution in [0.1, 0.15) is 27.7 Å². The summed E-state index contributed by atoms with van der Waals surface area (Å²) in [5.74, 6) is -0.872. The van der Waals surface area contributed by atoms with Gasteiger partial charge in [-0.2, -0.15) is 4.98 Å². The van der Waals surface area contributed by atoms with E-state index in [1.54, 1.807) is 25.7 Å². The Morgan fingerprint density at radius 1 is 1.35 bits per heavy atom. The van der Waals surface area contributed by atoms with Gasteiger partial charge in [-0.05, 0) is 27.7 Å². The first-order chi connectivity index (χ1) is 11.8. The van der Waals surface area contributed by atoms with Crippen LogP contribution in [-0.4, -0.2) is 62.4 Å². The van der Waals surface area contributed by atoms with Crippen molar-refractivity contribution in [1.82, 2.24) is 14.5 Å².